The molecular weight excluding hydrogens is 216 g/mol. The van der Waals surface area contributed by atoms with Crippen molar-refractivity contribution in [3.63, 3.8) is 0 Å². The fourth-order valence-corrected chi connectivity index (χ4v) is 2.66. The van der Waals surface area contributed by atoms with Gasteiger partial charge in [0.2, 0.25) is 5.91 Å². The molecule has 0 aromatic rings. The van der Waals surface area contributed by atoms with Crippen LogP contribution in [0, 0.1) is 5.41 Å². The summed E-state index contributed by atoms with van der Waals surface area (Å²) in [5.74, 6) is 0.300. The lowest BCUT2D eigenvalue weighted by atomic mass is 9.82. The van der Waals surface area contributed by atoms with Gasteiger partial charge in [0.25, 0.3) is 0 Å². The third kappa shape index (κ3) is 3.68. The quantitative estimate of drug-likeness (QED) is 0.686. The molecule has 1 rings (SSSR count). The maximum atomic E-state index is 12.4. The summed E-state index contributed by atoms with van der Waals surface area (Å²) in [5.41, 5.74) is 5.26. The molecule has 0 spiro atoms. The predicted octanol–water partition coefficient (Wildman–Crippen LogP) is 1.39. The average Bonchev–Trinajstić information content (AvgIpc) is 2.83. The van der Waals surface area contributed by atoms with Gasteiger partial charge in [-0.3, -0.25) is 4.79 Å². The Hall–Kier alpha value is -0.610. The van der Waals surface area contributed by atoms with Gasteiger partial charge < -0.3 is 15.4 Å². The normalized spacial score (nSPS) is 18.3. The molecule has 2 N–H and O–H groups in total. The first-order valence-electron chi connectivity index (χ1n) is 6.69. The number of hydrogen-bond acceptors (Lipinski definition) is 3. The Bertz CT molecular complexity index is 238. The Labute approximate surface area is 104 Å². The Morgan fingerprint density at radius 1 is 1.35 bits per heavy atom. The van der Waals surface area contributed by atoms with E-state index >= 15 is 0 Å². The van der Waals surface area contributed by atoms with Crippen molar-refractivity contribution in [2.45, 2.75) is 39.0 Å². The van der Waals surface area contributed by atoms with Crippen LogP contribution in [0.1, 0.15) is 39.0 Å². The second-order valence-corrected chi connectivity index (χ2v) is 4.97. The largest absolute Gasteiger partial charge is 0.378 e. The standard InChI is InChI=1S/C13H26N2O2/c1-3-13(6-4-5-7-13)12(16)15(2)9-11-17-10-8-14/h3-11,14H2,1-2H3. The van der Waals surface area contributed by atoms with Gasteiger partial charge in [-0.15, -0.1) is 0 Å². The molecule has 1 amide bonds. The minimum absolute atomic E-state index is 0.0807. The third-order valence-corrected chi connectivity index (χ3v) is 3.87. The Morgan fingerprint density at radius 3 is 2.53 bits per heavy atom. The van der Waals surface area contributed by atoms with Crippen LogP contribution in [-0.4, -0.2) is 44.2 Å². The second-order valence-electron chi connectivity index (χ2n) is 4.97. The molecule has 1 aliphatic rings. The van der Waals surface area contributed by atoms with Gasteiger partial charge in [0.05, 0.1) is 13.2 Å². The van der Waals surface area contributed by atoms with E-state index in [-0.39, 0.29) is 5.41 Å². The van der Waals surface area contributed by atoms with Gasteiger partial charge in [0, 0.05) is 25.6 Å². The number of ether oxygens (including phenoxy) is 1. The molecule has 0 aliphatic heterocycles. The number of hydrogen-bond donors (Lipinski definition) is 1. The van der Waals surface area contributed by atoms with Crippen LogP contribution in [0.3, 0.4) is 0 Å². The molecule has 17 heavy (non-hydrogen) atoms. The number of nitrogens with zero attached hydrogens (tertiary/aromatic N) is 1. The molecule has 0 unspecified atom stereocenters. The van der Waals surface area contributed by atoms with Crippen LogP contribution < -0.4 is 5.73 Å². The number of carbonyl (C=O) groups excluding carboxylic acids is 1. The van der Waals surface area contributed by atoms with Crippen LogP contribution in [0.4, 0.5) is 0 Å². The van der Waals surface area contributed by atoms with Crippen molar-refractivity contribution in [2.75, 3.05) is 33.4 Å². The van der Waals surface area contributed by atoms with Crippen LogP contribution in [0.25, 0.3) is 0 Å². The van der Waals surface area contributed by atoms with Crippen molar-refractivity contribution >= 4 is 5.91 Å². The van der Waals surface area contributed by atoms with Gasteiger partial charge in [-0.2, -0.15) is 0 Å². The van der Waals surface area contributed by atoms with Crippen LogP contribution in [0.5, 0.6) is 0 Å². The summed E-state index contributed by atoms with van der Waals surface area (Å²) in [6.07, 6.45) is 5.45. The molecule has 0 bridgehead atoms. The maximum Gasteiger partial charge on any atom is 0.228 e. The van der Waals surface area contributed by atoms with Crippen molar-refractivity contribution in [1.29, 1.82) is 0 Å². The fourth-order valence-electron chi connectivity index (χ4n) is 2.66. The van der Waals surface area contributed by atoms with E-state index in [0.717, 1.165) is 19.3 Å². The van der Waals surface area contributed by atoms with Crippen LogP contribution in [-0.2, 0) is 9.53 Å². The topological polar surface area (TPSA) is 55.6 Å². The molecule has 1 saturated carbocycles. The average molecular weight is 242 g/mol. The van der Waals surface area contributed by atoms with Crippen molar-refractivity contribution in [2.24, 2.45) is 11.1 Å². The summed E-state index contributed by atoms with van der Waals surface area (Å²) in [6, 6.07) is 0. The molecule has 0 atom stereocenters. The fraction of sp³-hybridized carbons (Fsp3) is 0.923. The highest BCUT2D eigenvalue weighted by atomic mass is 16.5. The van der Waals surface area contributed by atoms with Gasteiger partial charge in [0.15, 0.2) is 0 Å². The molecule has 100 valence electrons. The van der Waals surface area contributed by atoms with Crippen LogP contribution in [0.2, 0.25) is 0 Å². The molecular formula is C13H26N2O2. The summed E-state index contributed by atoms with van der Waals surface area (Å²) < 4.78 is 5.31. The van der Waals surface area contributed by atoms with Crippen molar-refractivity contribution in [3.05, 3.63) is 0 Å². The first-order chi connectivity index (χ1) is 8.16. The van der Waals surface area contributed by atoms with Crippen LogP contribution >= 0.6 is 0 Å². The zero-order valence-corrected chi connectivity index (χ0v) is 11.2. The van der Waals surface area contributed by atoms with E-state index in [1.54, 1.807) is 0 Å². The number of rotatable bonds is 7. The zero-order chi connectivity index (χ0) is 12.7. The monoisotopic (exact) mass is 242 g/mol. The highest BCUT2D eigenvalue weighted by molar-refractivity contribution is 5.82. The lowest BCUT2D eigenvalue weighted by Crippen LogP contribution is -2.41. The van der Waals surface area contributed by atoms with E-state index in [1.807, 2.05) is 11.9 Å². The van der Waals surface area contributed by atoms with Gasteiger partial charge in [-0.25, -0.2) is 0 Å². The smallest absolute Gasteiger partial charge is 0.228 e. The SMILES string of the molecule is CCC1(C(=O)N(C)CCOCCN)CCCC1. The van der Waals surface area contributed by atoms with Crippen molar-refractivity contribution in [3.8, 4) is 0 Å². The minimum atomic E-state index is -0.0807. The Kier molecular flexibility index (Phi) is 5.92. The van der Waals surface area contributed by atoms with Gasteiger partial charge in [-0.1, -0.05) is 19.8 Å². The lowest BCUT2D eigenvalue weighted by molar-refractivity contribution is -0.141. The molecule has 0 saturated heterocycles. The molecule has 4 nitrogen and oxygen atoms in total. The van der Waals surface area contributed by atoms with Gasteiger partial charge in [0.1, 0.15) is 0 Å². The zero-order valence-electron chi connectivity index (χ0n) is 11.2. The van der Waals surface area contributed by atoms with E-state index < -0.39 is 0 Å². The minimum Gasteiger partial charge on any atom is -0.378 e. The first kappa shape index (κ1) is 14.5. The molecule has 1 fully saturated rings. The summed E-state index contributed by atoms with van der Waals surface area (Å²) in [5, 5.41) is 0. The van der Waals surface area contributed by atoms with E-state index in [4.69, 9.17) is 10.5 Å². The second kappa shape index (κ2) is 6.97. The number of amides is 1. The number of likely N-dealkylation sites (N-methyl/N-ethyl adjacent to an activating group) is 1. The Balaban J connectivity index is 2.39. The molecule has 4 heteroatoms. The summed E-state index contributed by atoms with van der Waals surface area (Å²) >= 11 is 0. The molecule has 0 aromatic heterocycles. The summed E-state index contributed by atoms with van der Waals surface area (Å²) in [6.45, 7) is 4.49. The van der Waals surface area contributed by atoms with E-state index in [0.29, 0.717) is 32.2 Å². The lowest BCUT2D eigenvalue weighted by Gasteiger charge is -2.31. The van der Waals surface area contributed by atoms with E-state index in [1.165, 1.54) is 12.8 Å². The van der Waals surface area contributed by atoms with E-state index in [9.17, 15) is 4.79 Å². The number of nitrogens with two attached hydrogens (primary N) is 1. The molecule has 1 aliphatic carbocycles. The van der Waals surface area contributed by atoms with E-state index in [2.05, 4.69) is 6.92 Å². The van der Waals surface area contributed by atoms with Crippen molar-refractivity contribution < 1.29 is 9.53 Å². The first-order valence-corrected chi connectivity index (χ1v) is 6.69. The maximum absolute atomic E-state index is 12.4. The molecule has 0 aromatic carbocycles. The van der Waals surface area contributed by atoms with Gasteiger partial charge in [-0.05, 0) is 19.3 Å². The van der Waals surface area contributed by atoms with Crippen molar-refractivity contribution in [1.82, 2.24) is 4.90 Å². The molecule has 0 heterocycles. The third-order valence-electron chi connectivity index (χ3n) is 3.87. The van der Waals surface area contributed by atoms with Crippen LogP contribution in [0.15, 0.2) is 0 Å². The number of carbonyl (C=O) groups is 1. The highest BCUT2D eigenvalue weighted by Gasteiger charge is 2.40. The highest BCUT2D eigenvalue weighted by Crippen LogP contribution is 2.42. The molecule has 0 radical (unpaired) electrons. The Morgan fingerprint density at radius 2 is 2.00 bits per heavy atom. The van der Waals surface area contributed by atoms with Gasteiger partial charge >= 0.3 is 0 Å². The summed E-state index contributed by atoms with van der Waals surface area (Å²) in [4.78, 5) is 14.2. The predicted molar refractivity (Wildman–Crippen MR) is 68.7 cm³/mol. The summed E-state index contributed by atoms with van der Waals surface area (Å²) in [7, 11) is 1.88.